The Bertz CT molecular complexity index is 537. The number of rotatable bonds is 1. The van der Waals surface area contributed by atoms with Crippen molar-refractivity contribution in [2.24, 2.45) is 0 Å². The smallest absolute Gasteiger partial charge is 0.418 e. The van der Waals surface area contributed by atoms with Crippen molar-refractivity contribution in [1.29, 1.82) is 0 Å². The van der Waals surface area contributed by atoms with E-state index in [0.29, 0.717) is 23.4 Å². The monoisotopic (exact) mass is 249 g/mol. The molecule has 2 rings (SSSR count). The lowest BCUT2D eigenvalue weighted by Gasteiger charge is -2.25. The number of aryl methyl sites for hydroxylation is 1. The maximum Gasteiger partial charge on any atom is 0.418 e. The molecule has 0 bridgehead atoms. The van der Waals surface area contributed by atoms with E-state index in [0.717, 1.165) is 4.90 Å². The van der Waals surface area contributed by atoms with E-state index in [-0.39, 0.29) is 6.42 Å². The van der Waals surface area contributed by atoms with Crippen molar-refractivity contribution >= 4 is 23.7 Å². The minimum absolute atomic E-state index is 0.128. The molecule has 0 aromatic heterocycles. The van der Waals surface area contributed by atoms with Gasteiger partial charge >= 0.3 is 12.1 Å². The summed E-state index contributed by atoms with van der Waals surface area (Å²) in [5.74, 6) is -0.548. The second-order valence-electron chi connectivity index (χ2n) is 3.90. The van der Waals surface area contributed by atoms with E-state index in [1.165, 1.54) is 19.1 Å². The highest BCUT2D eigenvalue weighted by atomic mass is 16.5. The van der Waals surface area contributed by atoms with Crippen LogP contribution in [0.3, 0.4) is 0 Å². The van der Waals surface area contributed by atoms with Crippen LogP contribution in [0.15, 0.2) is 18.2 Å². The first-order chi connectivity index (χ1) is 8.49. The van der Waals surface area contributed by atoms with Crippen LogP contribution in [0.4, 0.5) is 10.5 Å². The maximum absolute atomic E-state index is 11.5. The van der Waals surface area contributed by atoms with Gasteiger partial charge in [0.25, 0.3) is 0 Å². The van der Waals surface area contributed by atoms with Gasteiger partial charge < -0.3 is 9.84 Å². The van der Waals surface area contributed by atoms with E-state index in [9.17, 15) is 14.4 Å². The van der Waals surface area contributed by atoms with Crippen LogP contribution in [0.25, 0.3) is 0 Å². The summed E-state index contributed by atoms with van der Waals surface area (Å²) in [6.45, 7) is 1.28. The molecule has 0 fully saturated rings. The quantitative estimate of drug-likeness (QED) is 0.603. The molecule has 1 aromatic rings. The number of ether oxygens (including phenoxy) is 1. The van der Waals surface area contributed by atoms with Gasteiger partial charge in [0.2, 0.25) is 5.91 Å². The van der Waals surface area contributed by atoms with Gasteiger partial charge in [-0.3, -0.25) is 9.59 Å². The van der Waals surface area contributed by atoms with Crippen molar-refractivity contribution in [1.82, 2.24) is 0 Å². The number of anilines is 1. The molecule has 0 saturated heterocycles. The zero-order valence-corrected chi connectivity index (χ0v) is 9.67. The van der Waals surface area contributed by atoms with Crippen LogP contribution in [0.5, 0.6) is 5.75 Å². The Morgan fingerprint density at radius 1 is 1.33 bits per heavy atom. The molecule has 1 heterocycles. The number of carbonyl (C=O) groups is 3. The third-order valence-corrected chi connectivity index (χ3v) is 2.60. The molecule has 0 spiro atoms. The average molecular weight is 249 g/mol. The zero-order valence-electron chi connectivity index (χ0n) is 9.67. The molecule has 1 aromatic carbocycles. The summed E-state index contributed by atoms with van der Waals surface area (Å²) >= 11 is 0. The summed E-state index contributed by atoms with van der Waals surface area (Å²) in [6, 6.07) is 4.52. The van der Waals surface area contributed by atoms with Gasteiger partial charge in [-0.2, -0.15) is 0 Å². The van der Waals surface area contributed by atoms with Gasteiger partial charge in [0.15, 0.2) is 0 Å². The van der Waals surface area contributed by atoms with Gasteiger partial charge in [-0.05, 0) is 30.2 Å². The molecule has 6 nitrogen and oxygen atoms in total. The van der Waals surface area contributed by atoms with Crippen LogP contribution in [0.1, 0.15) is 18.9 Å². The van der Waals surface area contributed by atoms with Crippen LogP contribution in [0, 0.1) is 0 Å². The third kappa shape index (κ3) is 2.17. The Labute approximate surface area is 103 Å². The molecule has 6 heteroatoms. The summed E-state index contributed by atoms with van der Waals surface area (Å²) in [5, 5.41) is 8.99. The first kappa shape index (κ1) is 12.1. The fourth-order valence-corrected chi connectivity index (χ4v) is 1.91. The van der Waals surface area contributed by atoms with Gasteiger partial charge in [-0.25, -0.2) is 9.69 Å². The normalized spacial score (nSPS) is 14.1. The van der Waals surface area contributed by atoms with Crippen LogP contribution in [0.2, 0.25) is 0 Å². The Morgan fingerprint density at radius 2 is 2.06 bits per heavy atom. The molecule has 0 radical (unpaired) electrons. The number of hydrogen-bond donors (Lipinski definition) is 1. The largest absolute Gasteiger partial charge is 0.464 e. The maximum atomic E-state index is 11.5. The number of nitrogens with zero attached hydrogens (tertiary/aromatic N) is 1. The van der Waals surface area contributed by atoms with Crippen molar-refractivity contribution in [3.05, 3.63) is 23.8 Å². The Morgan fingerprint density at radius 3 is 2.67 bits per heavy atom. The first-order valence-electron chi connectivity index (χ1n) is 5.36. The molecule has 0 unspecified atom stereocenters. The number of benzene rings is 1. The number of imide groups is 1. The van der Waals surface area contributed by atoms with E-state index in [2.05, 4.69) is 0 Å². The van der Waals surface area contributed by atoms with Crippen molar-refractivity contribution in [3.8, 4) is 5.75 Å². The number of carbonyl (C=O) groups excluding carboxylic acids is 2. The molecular formula is C12H11NO5. The summed E-state index contributed by atoms with van der Waals surface area (Å²) in [7, 11) is 0. The van der Waals surface area contributed by atoms with E-state index in [4.69, 9.17) is 9.84 Å². The first-order valence-corrected chi connectivity index (χ1v) is 5.36. The predicted octanol–water partition coefficient (Wildman–Crippen LogP) is 1.57. The second kappa shape index (κ2) is 4.48. The lowest BCUT2D eigenvalue weighted by Crippen LogP contribution is -2.39. The molecule has 18 heavy (non-hydrogen) atoms. The number of fused-ring (bicyclic) bond motifs is 1. The standard InChI is InChI=1S/C12H11NO5/c1-7(14)18-9-3-4-10-8(6-9)2-5-11(15)13(10)12(16)17/h3-4,6H,2,5H2,1H3,(H,16,17). The number of amides is 2. The fourth-order valence-electron chi connectivity index (χ4n) is 1.91. The van der Waals surface area contributed by atoms with E-state index >= 15 is 0 Å². The third-order valence-electron chi connectivity index (χ3n) is 2.60. The lowest BCUT2D eigenvalue weighted by molar-refractivity contribution is -0.131. The number of carboxylic acid groups (broad SMARTS) is 1. The van der Waals surface area contributed by atoms with E-state index in [1.807, 2.05) is 0 Å². The van der Waals surface area contributed by atoms with Gasteiger partial charge in [0, 0.05) is 13.3 Å². The highest BCUT2D eigenvalue weighted by molar-refractivity contribution is 6.13. The SMILES string of the molecule is CC(=O)Oc1ccc2c(c1)CCC(=O)N2C(=O)O. The Balaban J connectivity index is 2.40. The van der Waals surface area contributed by atoms with Gasteiger partial charge in [0.1, 0.15) is 5.75 Å². The lowest BCUT2D eigenvalue weighted by atomic mass is 10.0. The molecule has 2 amide bonds. The van der Waals surface area contributed by atoms with Crippen LogP contribution >= 0.6 is 0 Å². The van der Waals surface area contributed by atoms with Crippen molar-refractivity contribution in [2.45, 2.75) is 19.8 Å². The fraction of sp³-hybridized carbons (Fsp3) is 0.250. The van der Waals surface area contributed by atoms with Crippen LogP contribution < -0.4 is 9.64 Å². The second-order valence-corrected chi connectivity index (χ2v) is 3.90. The Kier molecular flexibility index (Phi) is 3.01. The highest BCUT2D eigenvalue weighted by Crippen LogP contribution is 2.31. The van der Waals surface area contributed by atoms with Crippen molar-refractivity contribution < 1.29 is 24.2 Å². The molecule has 0 saturated carbocycles. The zero-order chi connectivity index (χ0) is 13.3. The van der Waals surface area contributed by atoms with E-state index < -0.39 is 18.0 Å². The minimum atomic E-state index is -1.30. The number of hydrogen-bond acceptors (Lipinski definition) is 4. The molecule has 0 aliphatic carbocycles. The summed E-state index contributed by atoms with van der Waals surface area (Å²) < 4.78 is 4.91. The summed E-state index contributed by atoms with van der Waals surface area (Å²) in [4.78, 5) is 34.1. The average Bonchev–Trinajstić information content (AvgIpc) is 2.27. The molecular weight excluding hydrogens is 238 g/mol. The van der Waals surface area contributed by atoms with Gasteiger partial charge in [-0.15, -0.1) is 0 Å². The Hall–Kier alpha value is -2.37. The predicted molar refractivity (Wildman–Crippen MR) is 61.6 cm³/mol. The summed E-state index contributed by atoms with van der Waals surface area (Å²) in [5.41, 5.74) is 1.01. The number of esters is 1. The minimum Gasteiger partial charge on any atom is -0.464 e. The molecule has 94 valence electrons. The van der Waals surface area contributed by atoms with Crippen molar-refractivity contribution in [2.75, 3.05) is 4.90 Å². The molecule has 1 aliphatic rings. The summed E-state index contributed by atoms with van der Waals surface area (Å²) in [6.07, 6.45) is -0.739. The van der Waals surface area contributed by atoms with Crippen molar-refractivity contribution in [3.63, 3.8) is 0 Å². The topological polar surface area (TPSA) is 83.9 Å². The highest BCUT2D eigenvalue weighted by Gasteiger charge is 2.29. The molecule has 1 aliphatic heterocycles. The van der Waals surface area contributed by atoms with Gasteiger partial charge in [-0.1, -0.05) is 0 Å². The van der Waals surface area contributed by atoms with Crippen LogP contribution in [-0.2, 0) is 16.0 Å². The van der Waals surface area contributed by atoms with E-state index in [1.54, 1.807) is 6.07 Å². The van der Waals surface area contributed by atoms with Gasteiger partial charge in [0.05, 0.1) is 5.69 Å². The molecule has 0 atom stereocenters. The molecule has 1 N–H and O–H groups in total. The van der Waals surface area contributed by atoms with Crippen LogP contribution in [-0.4, -0.2) is 23.1 Å².